The lowest BCUT2D eigenvalue weighted by molar-refractivity contribution is 0.0893. The van der Waals surface area contributed by atoms with Crippen molar-refractivity contribution in [2.75, 3.05) is 58.9 Å². The molecule has 0 unspecified atom stereocenters. The van der Waals surface area contributed by atoms with Gasteiger partial charge in [-0.15, -0.1) is 0 Å². The van der Waals surface area contributed by atoms with Crippen LogP contribution in [-0.4, -0.2) is 88.4 Å². The zero-order chi connectivity index (χ0) is 15.2. The smallest absolute Gasteiger partial charge is 0.137 e. The number of aromatic nitrogens is 3. The summed E-state index contributed by atoms with van der Waals surface area (Å²) in [6.45, 7) is 14.3. The molecule has 3 heterocycles. The number of rotatable bonds is 6. The van der Waals surface area contributed by atoms with Crippen LogP contribution >= 0.6 is 0 Å². The van der Waals surface area contributed by atoms with Crippen LogP contribution in [0.1, 0.15) is 19.8 Å². The minimum absolute atomic E-state index is 0.885. The molecule has 1 aromatic heterocycles. The average Bonchev–Trinajstić information content (AvgIpc) is 3.08. The zero-order valence-corrected chi connectivity index (χ0v) is 13.9. The number of hydrogen-bond donors (Lipinski definition) is 0. The summed E-state index contributed by atoms with van der Waals surface area (Å²) in [4.78, 5) is 11.8. The number of nitrogens with zero attached hydrogens (tertiary/aromatic N) is 6. The Labute approximate surface area is 134 Å². The molecule has 6 nitrogen and oxygen atoms in total. The normalized spacial score (nSPS) is 25.6. The molecule has 0 saturated carbocycles. The van der Waals surface area contributed by atoms with Crippen LogP contribution in [0.2, 0.25) is 0 Å². The molecule has 6 heteroatoms. The molecular weight excluding hydrogens is 276 g/mol. The molecule has 3 rings (SSSR count). The third kappa shape index (κ3) is 4.51. The Morgan fingerprint density at radius 3 is 2.55 bits per heavy atom. The van der Waals surface area contributed by atoms with Crippen LogP contribution in [0.15, 0.2) is 12.7 Å². The SMILES string of the molecule is CCN1CCC[C@@H](CN2CCN(CCn3cncn3)CC2)C1. The summed E-state index contributed by atoms with van der Waals surface area (Å²) in [7, 11) is 0. The molecule has 0 spiro atoms. The Kier molecular flexibility index (Phi) is 5.81. The first-order chi connectivity index (χ1) is 10.8. The van der Waals surface area contributed by atoms with Crippen molar-refractivity contribution < 1.29 is 0 Å². The van der Waals surface area contributed by atoms with E-state index in [1.807, 2.05) is 4.68 Å². The molecule has 0 aliphatic carbocycles. The van der Waals surface area contributed by atoms with E-state index in [4.69, 9.17) is 0 Å². The van der Waals surface area contributed by atoms with Crippen molar-refractivity contribution in [3.63, 3.8) is 0 Å². The highest BCUT2D eigenvalue weighted by Crippen LogP contribution is 2.18. The maximum absolute atomic E-state index is 4.17. The summed E-state index contributed by atoms with van der Waals surface area (Å²) in [6.07, 6.45) is 6.22. The lowest BCUT2D eigenvalue weighted by Gasteiger charge is -2.39. The fraction of sp³-hybridized carbons (Fsp3) is 0.875. The molecular formula is C16H30N6. The summed E-state index contributed by atoms with van der Waals surface area (Å²) in [5.41, 5.74) is 0. The van der Waals surface area contributed by atoms with Gasteiger partial charge in [-0.05, 0) is 31.8 Å². The second kappa shape index (κ2) is 8.04. The molecule has 124 valence electrons. The van der Waals surface area contributed by atoms with Crippen LogP contribution in [0, 0.1) is 5.92 Å². The number of piperidine rings is 1. The van der Waals surface area contributed by atoms with E-state index in [1.165, 1.54) is 65.2 Å². The van der Waals surface area contributed by atoms with Crippen LogP contribution < -0.4 is 0 Å². The Morgan fingerprint density at radius 2 is 1.82 bits per heavy atom. The maximum Gasteiger partial charge on any atom is 0.137 e. The molecule has 1 atom stereocenters. The van der Waals surface area contributed by atoms with Crippen molar-refractivity contribution in [1.82, 2.24) is 29.5 Å². The Hall–Kier alpha value is -0.980. The Bertz CT molecular complexity index is 412. The topological polar surface area (TPSA) is 40.4 Å². The molecule has 2 fully saturated rings. The van der Waals surface area contributed by atoms with Gasteiger partial charge in [0.1, 0.15) is 12.7 Å². The highest BCUT2D eigenvalue weighted by atomic mass is 15.3. The van der Waals surface area contributed by atoms with Crippen molar-refractivity contribution >= 4 is 0 Å². The van der Waals surface area contributed by atoms with Crippen molar-refractivity contribution in [1.29, 1.82) is 0 Å². The van der Waals surface area contributed by atoms with Gasteiger partial charge < -0.3 is 9.80 Å². The van der Waals surface area contributed by atoms with Crippen molar-refractivity contribution in [3.8, 4) is 0 Å². The first-order valence-corrected chi connectivity index (χ1v) is 8.83. The minimum atomic E-state index is 0.885. The molecule has 2 aliphatic heterocycles. The summed E-state index contributed by atoms with van der Waals surface area (Å²) in [5.74, 6) is 0.885. The van der Waals surface area contributed by atoms with E-state index < -0.39 is 0 Å². The van der Waals surface area contributed by atoms with Gasteiger partial charge in [-0.1, -0.05) is 6.92 Å². The van der Waals surface area contributed by atoms with Crippen LogP contribution in [0.5, 0.6) is 0 Å². The van der Waals surface area contributed by atoms with Gasteiger partial charge in [0, 0.05) is 45.8 Å². The quantitative estimate of drug-likeness (QED) is 0.771. The molecule has 0 aromatic carbocycles. The summed E-state index contributed by atoms with van der Waals surface area (Å²) in [6, 6.07) is 0. The first kappa shape index (κ1) is 15.9. The minimum Gasteiger partial charge on any atom is -0.303 e. The third-order valence-corrected chi connectivity index (χ3v) is 5.14. The van der Waals surface area contributed by atoms with E-state index in [-0.39, 0.29) is 0 Å². The first-order valence-electron chi connectivity index (χ1n) is 8.83. The fourth-order valence-electron chi connectivity index (χ4n) is 3.74. The van der Waals surface area contributed by atoms with Gasteiger partial charge in [0.15, 0.2) is 0 Å². The summed E-state index contributed by atoms with van der Waals surface area (Å²) in [5, 5.41) is 4.17. The highest BCUT2D eigenvalue weighted by molar-refractivity contribution is 4.79. The van der Waals surface area contributed by atoms with Gasteiger partial charge in [-0.2, -0.15) is 5.10 Å². The van der Waals surface area contributed by atoms with Crippen molar-refractivity contribution in [2.45, 2.75) is 26.3 Å². The predicted octanol–water partition coefficient (Wildman–Crippen LogP) is 0.628. The lowest BCUT2D eigenvalue weighted by atomic mass is 9.97. The monoisotopic (exact) mass is 306 g/mol. The summed E-state index contributed by atoms with van der Waals surface area (Å²) < 4.78 is 1.92. The van der Waals surface area contributed by atoms with E-state index >= 15 is 0 Å². The largest absolute Gasteiger partial charge is 0.303 e. The van der Waals surface area contributed by atoms with E-state index in [0.29, 0.717) is 0 Å². The van der Waals surface area contributed by atoms with Gasteiger partial charge in [0.25, 0.3) is 0 Å². The third-order valence-electron chi connectivity index (χ3n) is 5.14. The van der Waals surface area contributed by atoms with Gasteiger partial charge in [-0.3, -0.25) is 9.58 Å². The van der Waals surface area contributed by atoms with Gasteiger partial charge in [-0.25, -0.2) is 4.98 Å². The highest BCUT2D eigenvalue weighted by Gasteiger charge is 2.23. The predicted molar refractivity (Wildman–Crippen MR) is 87.7 cm³/mol. The molecule has 2 aliphatic rings. The summed E-state index contributed by atoms with van der Waals surface area (Å²) >= 11 is 0. The van der Waals surface area contributed by atoms with Crippen molar-refractivity contribution in [3.05, 3.63) is 12.7 Å². The van der Waals surface area contributed by atoms with E-state index in [2.05, 4.69) is 31.7 Å². The van der Waals surface area contributed by atoms with Gasteiger partial charge >= 0.3 is 0 Å². The zero-order valence-electron chi connectivity index (χ0n) is 13.9. The maximum atomic E-state index is 4.17. The van der Waals surface area contributed by atoms with E-state index in [9.17, 15) is 0 Å². The van der Waals surface area contributed by atoms with Crippen LogP contribution in [0.3, 0.4) is 0 Å². The molecule has 0 N–H and O–H groups in total. The van der Waals surface area contributed by atoms with E-state index in [1.54, 1.807) is 12.7 Å². The van der Waals surface area contributed by atoms with Gasteiger partial charge in [0.2, 0.25) is 0 Å². The fourth-order valence-corrected chi connectivity index (χ4v) is 3.74. The second-order valence-corrected chi connectivity index (χ2v) is 6.70. The number of hydrogen-bond acceptors (Lipinski definition) is 5. The average molecular weight is 306 g/mol. The Balaban J connectivity index is 1.34. The second-order valence-electron chi connectivity index (χ2n) is 6.70. The van der Waals surface area contributed by atoms with E-state index in [0.717, 1.165) is 19.0 Å². The number of likely N-dealkylation sites (tertiary alicyclic amines) is 1. The molecule has 2 saturated heterocycles. The van der Waals surface area contributed by atoms with Crippen LogP contribution in [0.4, 0.5) is 0 Å². The molecule has 22 heavy (non-hydrogen) atoms. The molecule has 1 aromatic rings. The Morgan fingerprint density at radius 1 is 1.00 bits per heavy atom. The van der Waals surface area contributed by atoms with Crippen molar-refractivity contribution in [2.24, 2.45) is 5.92 Å². The van der Waals surface area contributed by atoms with Crippen LogP contribution in [-0.2, 0) is 6.54 Å². The lowest BCUT2D eigenvalue weighted by Crippen LogP contribution is -2.50. The number of piperazine rings is 1. The standard InChI is InChI=1S/C16H30N6/c1-2-19-5-3-4-16(12-19)13-21-8-6-20(7-9-21)10-11-22-15-17-14-18-22/h14-16H,2-13H2,1H3/t16-/m1/s1. The molecule has 0 bridgehead atoms. The molecule has 0 radical (unpaired) electrons. The van der Waals surface area contributed by atoms with Gasteiger partial charge in [0.05, 0.1) is 6.54 Å². The van der Waals surface area contributed by atoms with Crippen LogP contribution in [0.25, 0.3) is 0 Å². The molecule has 0 amide bonds.